The number of sulfonamides is 1. The van der Waals surface area contributed by atoms with Crippen molar-refractivity contribution in [2.45, 2.75) is 18.4 Å². The minimum absolute atomic E-state index is 0.0352. The fourth-order valence-electron chi connectivity index (χ4n) is 3.53. The largest absolute Gasteiger partial charge is 0.360 e. The van der Waals surface area contributed by atoms with Gasteiger partial charge in [-0.3, -0.25) is 14.4 Å². The summed E-state index contributed by atoms with van der Waals surface area (Å²) in [5.74, 6) is 0.101. The summed E-state index contributed by atoms with van der Waals surface area (Å²) in [6.07, 6.45) is 0. The van der Waals surface area contributed by atoms with Crippen molar-refractivity contribution in [1.29, 1.82) is 0 Å². The summed E-state index contributed by atoms with van der Waals surface area (Å²) in [5, 5.41) is 3.89. The summed E-state index contributed by atoms with van der Waals surface area (Å²) in [6.45, 7) is 4.90. The van der Waals surface area contributed by atoms with Crippen LogP contribution in [0.15, 0.2) is 64.0 Å². The molecule has 1 aliphatic heterocycles. The zero-order valence-corrected chi connectivity index (χ0v) is 18.3. The van der Waals surface area contributed by atoms with Gasteiger partial charge in [0.2, 0.25) is 0 Å². The Bertz CT molecular complexity index is 1200. The van der Waals surface area contributed by atoms with E-state index in [0.717, 1.165) is 11.5 Å². The molecule has 0 saturated carbocycles. The molecule has 32 heavy (non-hydrogen) atoms. The number of aryl methyl sites for hydroxylation is 1. The minimum Gasteiger partial charge on any atom is -0.360 e. The van der Waals surface area contributed by atoms with Crippen molar-refractivity contribution in [3.8, 4) is 0 Å². The quantitative estimate of drug-likeness (QED) is 0.610. The predicted octanol–water partition coefficient (Wildman–Crippen LogP) is 2.88. The Morgan fingerprint density at radius 1 is 1.09 bits per heavy atom. The van der Waals surface area contributed by atoms with Gasteiger partial charge in [0, 0.05) is 43.5 Å². The van der Waals surface area contributed by atoms with E-state index in [1.807, 2.05) is 13.0 Å². The average molecular weight is 459 g/mol. The molecule has 1 fully saturated rings. The average Bonchev–Trinajstić information content (AvgIpc) is 3.20. The van der Waals surface area contributed by atoms with Crippen LogP contribution in [0.2, 0.25) is 0 Å². The number of anilines is 1. The van der Waals surface area contributed by atoms with E-state index in [4.69, 9.17) is 4.52 Å². The van der Waals surface area contributed by atoms with Gasteiger partial charge in [0.05, 0.1) is 17.1 Å². The van der Waals surface area contributed by atoms with E-state index >= 15 is 0 Å². The van der Waals surface area contributed by atoms with Crippen LogP contribution in [0.4, 0.5) is 10.1 Å². The number of aromatic nitrogens is 1. The van der Waals surface area contributed by atoms with E-state index < -0.39 is 15.8 Å². The highest BCUT2D eigenvalue weighted by atomic mass is 32.2. The highest BCUT2D eigenvalue weighted by Gasteiger charge is 2.24. The molecule has 0 spiro atoms. The molecule has 1 aliphatic rings. The summed E-state index contributed by atoms with van der Waals surface area (Å²) < 4.78 is 46.1. The van der Waals surface area contributed by atoms with Gasteiger partial charge in [0.1, 0.15) is 5.82 Å². The number of piperazine rings is 1. The van der Waals surface area contributed by atoms with E-state index in [2.05, 4.69) is 14.8 Å². The Hall–Kier alpha value is -3.24. The maximum Gasteiger partial charge on any atom is 0.261 e. The smallest absolute Gasteiger partial charge is 0.261 e. The number of nitrogens with zero attached hydrogens (tertiary/aromatic N) is 3. The third-order valence-electron chi connectivity index (χ3n) is 5.20. The molecule has 1 N–H and O–H groups in total. The molecule has 1 saturated heterocycles. The lowest BCUT2D eigenvalue weighted by atomic mass is 10.2. The van der Waals surface area contributed by atoms with Gasteiger partial charge >= 0.3 is 0 Å². The van der Waals surface area contributed by atoms with Crippen molar-refractivity contribution in [3.05, 3.63) is 77.4 Å². The van der Waals surface area contributed by atoms with E-state index in [-0.39, 0.29) is 16.5 Å². The number of halogens is 1. The van der Waals surface area contributed by atoms with Crippen LogP contribution < -0.4 is 4.72 Å². The van der Waals surface area contributed by atoms with E-state index in [9.17, 15) is 17.6 Å². The highest BCUT2D eigenvalue weighted by molar-refractivity contribution is 7.92. The zero-order chi connectivity index (χ0) is 22.7. The molecule has 0 aliphatic carbocycles. The molecule has 2 heterocycles. The van der Waals surface area contributed by atoms with Crippen molar-refractivity contribution in [3.63, 3.8) is 0 Å². The summed E-state index contributed by atoms with van der Waals surface area (Å²) in [4.78, 5) is 16.8. The van der Waals surface area contributed by atoms with Gasteiger partial charge in [-0.1, -0.05) is 11.2 Å². The fourth-order valence-corrected chi connectivity index (χ4v) is 4.64. The van der Waals surface area contributed by atoms with Crippen molar-refractivity contribution >= 4 is 21.6 Å². The molecule has 0 radical (unpaired) electrons. The number of nitrogens with one attached hydrogen (secondary N) is 1. The molecular formula is C22H23FN4O4S. The van der Waals surface area contributed by atoms with Crippen LogP contribution in [0.25, 0.3) is 0 Å². The normalized spacial score (nSPS) is 15.0. The first kappa shape index (κ1) is 22.0. The number of carbonyl (C=O) groups excluding carboxylic acids is 1. The molecule has 0 atom stereocenters. The van der Waals surface area contributed by atoms with Gasteiger partial charge in [0.25, 0.3) is 15.9 Å². The summed E-state index contributed by atoms with van der Waals surface area (Å²) in [5.41, 5.74) is 1.37. The van der Waals surface area contributed by atoms with E-state index in [1.165, 1.54) is 42.5 Å². The second-order valence-corrected chi connectivity index (χ2v) is 9.33. The van der Waals surface area contributed by atoms with E-state index in [1.54, 1.807) is 11.0 Å². The first-order valence-corrected chi connectivity index (χ1v) is 11.6. The summed E-state index contributed by atoms with van der Waals surface area (Å²) in [7, 11) is -3.92. The molecule has 168 valence electrons. The molecule has 4 rings (SSSR count). The van der Waals surface area contributed by atoms with Crippen LogP contribution in [0.1, 0.15) is 21.8 Å². The molecule has 8 nitrogen and oxygen atoms in total. The second kappa shape index (κ2) is 9.09. The Morgan fingerprint density at radius 2 is 1.81 bits per heavy atom. The first-order chi connectivity index (χ1) is 15.3. The summed E-state index contributed by atoms with van der Waals surface area (Å²) >= 11 is 0. The Balaban J connectivity index is 1.40. The Kier molecular flexibility index (Phi) is 6.24. The second-order valence-electron chi connectivity index (χ2n) is 7.64. The standard InChI is InChI=1S/C22H23FN4O4S/c1-16-13-20(31-24-16)15-26-9-11-27(12-10-26)22(28)17-3-2-4-21(14-17)32(29,30)25-19-7-5-18(23)6-8-19/h2-8,13-14,25H,9-12,15H2,1H3. The molecule has 1 amide bonds. The molecule has 0 bridgehead atoms. The molecule has 2 aromatic carbocycles. The van der Waals surface area contributed by atoms with Gasteiger partial charge in [-0.2, -0.15) is 0 Å². The first-order valence-electron chi connectivity index (χ1n) is 10.1. The van der Waals surface area contributed by atoms with Crippen LogP contribution in [0.5, 0.6) is 0 Å². The Labute approximate surface area is 185 Å². The van der Waals surface area contributed by atoms with Crippen molar-refractivity contribution in [2.75, 3.05) is 30.9 Å². The van der Waals surface area contributed by atoms with Gasteiger partial charge < -0.3 is 9.42 Å². The summed E-state index contributed by atoms with van der Waals surface area (Å²) in [6, 6.07) is 12.8. The Morgan fingerprint density at radius 3 is 2.47 bits per heavy atom. The topological polar surface area (TPSA) is 95.8 Å². The van der Waals surface area contributed by atoms with Gasteiger partial charge in [-0.05, 0) is 49.4 Å². The van der Waals surface area contributed by atoms with Crippen molar-refractivity contribution in [1.82, 2.24) is 15.0 Å². The van der Waals surface area contributed by atoms with Crippen LogP contribution in [-0.2, 0) is 16.6 Å². The lowest BCUT2D eigenvalue weighted by Crippen LogP contribution is -2.48. The maximum atomic E-state index is 13.1. The minimum atomic E-state index is -3.92. The highest BCUT2D eigenvalue weighted by Crippen LogP contribution is 2.19. The zero-order valence-electron chi connectivity index (χ0n) is 17.5. The van der Waals surface area contributed by atoms with Crippen LogP contribution >= 0.6 is 0 Å². The molecule has 3 aromatic rings. The molecule has 0 unspecified atom stereocenters. The monoisotopic (exact) mass is 458 g/mol. The predicted molar refractivity (Wildman–Crippen MR) is 116 cm³/mol. The molecule has 10 heteroatoms. The van der Waals surface area contributed by atoms with E-state index in [0.29, 0.717) is 38.3 Å². The number of rotatable bonds is 6. The number of hydrogen-bond acceptors (Lipinski definition) is 6. The van der Waals surface area contributed by atoms with Crippen molar-refractivity contribution < 1.29 is 22.1 Å². The van der Waals surface area contributed by atoms with Crippen molar-refractivity contribution in [2.24, 2.45) is 0 Å². The molecular weight excluding hydrogens is 435 g/mol. The van der Waals surface area contributed by atoms with Crippen LogP contribution in [-0.4, -0.2) is 55.5 Å². The van der Waals surface area contributed by atoms with Crippen LogP contribution in [0, 0.1) is 12.7 Å². The van der Waals surface area contributed by atoms with Gasteiger partial charge in [-0.25, -0.2) is 12.8 Å². The molecule has 1 aromatic heterocycles. The number of benzene rings is 2. The third-order valence-corrected chi connectivity index (χ3v) is 6.58. The lowest BCUT2D eigenvalue weighted by Gasteiger charge is -2.34. The van der Waals surface area contributed by atoms with Crippen LogP contribution in [0.3, 0.4) is 0 Å². The fraction of sp³-hybridized carbons (Fsp3) is 0.273. The van der Waals surface area contributed by atoms with Gasteiger partial charge in [-0.15, -0.1) is 0 Å². The van der Waals surface area contributed by atoms with Gasteiger partial charge in [0.15, 0.2) is 5.76 Å². The number of carbonyl (C=O) groups is 1. The number of amides is 1. The third kappa shape index (κ3) is 5.14. The maximum absolute atomic E-state index is 13.1. The SMILES string of the molecule is Cc1cc(CN2CCN(C(=O)c3cccc(S(=O)(=O)Nc4ccc(F)cc4)c3)CC2)on1. The number of hydrogen-bond donors (Lipinski definition) is 1. The lowest BCUT2D eigenvalue weighted by molar-refractivity contribution is 0.0617.